The van der Waals surface area contributed by atoms with Gasteiger partial charge in [0.1, 0.15) is 0 Å². The highest BCUT2D eigenvalue weighted by Gasteiger charge is 2.15. The molecule has 1 aromatic carbocycles. The average molecular weight is 318 g/mol. The van der Waals surface area contributed by atoms with Gasteiger partial charge in [-0.15, -0.1) is 11.8 Å². The molecule has 0 saturated heterocycles. The van der Waals surface area contributed by atoms with Crippen molar-refractivity contribution in [1.82, 2.24) is 5.32 Å². The van der Waals surface area contributed by atoms with Crippen LogP contribution in [-0.4, -0.2) is 37.9 Å². The lowest BCUT2D eigenvalue weighted by molar-refractivity contribution is -0.117. The van der Waals surface area contributed by atoms with Gasteiger partial charge in [-0.2, -0.15) is 0 Å². The van der Waals surface area contributed by atoms with Crippen molar-refractivity contribution in [3.63, 3.8) is 0 Å². The number of amides is 2. The molecule has 8 heteroatoms. The number of rotatable bonds is 4. The van der Waals surface area contributed by atoms with Gasteiger partial charge in [0.15, 0.2) is 0 Å². The molecular formula is C12H12ClNO5S. The van der Waals surface area contributed by atoms with Gasteiger partial charge in [-0.3, -0.25) is 10.1 Å². The van der Waals surface area contributed by atoms with Gasteiger partial charge in [0.25, 0.3) is 0 Å². The molecule has 1 rings (SSSR count). The molecule has 1 N–H and O–H groups in total. The highest BCUT2D eigenvalue weighted by atomic mass is 35.5. The van der Waals surface area contributed by atoms with E-state index in [1.807, 2.05) is 5.32 Å². The number of carbonyl (C=O) groups excluding carboxylic acids is 3. The minimum atomic E-state index is -0.838. The van der Waals surface area contributed by atoms with Gasteiger partial charge in [-0.25, -0.2) is 9.59 Å². The summed E-state index contributed by atoms with van der Waals surface area (Å²) in [5.41, 5.74) is 0.299. The summed E-state index contributed by atoms with van der Waals surface area (Å²) >= 11 is 6.91. The number of hydrogen-bond donors (Lipinski definition) is 1. The minimum absolute atomic E-state index is 0.0700. The Labute approximate surface area is 124 Å². The molecule has 0 heterocycles. The summed E-state index contributed by atoms with van der Waals surface area (Å²) in [6.07, 6.45) is -0.838. The summed E-state index contributed by atoms with van der Waals surface area (Å²) in [6.45, 7) is 0. The van der Waals surface area contributed by atoms with Crippen molar-refractivity contribution in [3.8, 4) is 0 Å². The number of imide groups is 1. The van der Waals surface area contributed by atoms with E-state index < -0.39 is 18.0 Å². The Balaban J connectivity index is 2.76. The summed E-state index contributed by atoms with van der Waals surface area (Å²) in [5, 5.41) is 2.43. The molecule has 0 aromatic heterocycles. The number of esters is 1. The first-order chi connectivity index (χ1) is 9.47. The predicted octanol–water partition coefficient (Wildman–Crippen LogP) is 2.10. The van der Waals surface area contributed by atoms with E-state index in [0.29, 0.717) is 15.5 Å². The molecule has 6 nitrogen and oxygen atoms in total. The van der Waals surface area contributed by atoms with Crippen LogP contribution in [0.5, 0.6) is 0 Å². The molecule has 0 unspecified atom stereocenters. The zero-order chi connectivity index (χ0) is 15.1. The van der Waals surface area contributed by atoms with Crippen LogP contribution in [-0.2, 0) is 14.3 Å². The lowest BCUT2D eigenvalue weighted by atomic mass is 10.2. The first kappa shape index (κ1) is 16.3. The van der Waals surface area contributed by atoms with Crippen molar-refractivity contribution in [2.45, 2.75) is 4.90 Å². The lowest BCUT2D eigenvalue weighted by Gasteiger charge is -2.08. The zero-order valence-corrected chi connectivity index (χ0v) is 12.3. The number of benzene rings is 1. The van der Waals surface area contributed by atoms with Crippen LogP contribution < -0.4 is 5.32 Å². The normalized spacial score (nSPS) is 9.75. The highest BCUT2D eigenvalue weighted by Crippen LogP contribution is 2.26. The largest absolute Gasteiger partial charge is 0.465 e. The third-order valence-corrected chi connectivity index (χ3v) is 3.43. The molecule has 2 amide bonds. The summed E-state index contributed by atoms with van der Waals surface area (Å²) in [6, 6.07) is 4.60. The monoisotopic (exact) mass is 317 g/mol. The third kappa shape index (κ3) is 4.75. The molecule has 1 aromatic rings. The number of hydrogen-bond acceptors (Lipinski definition) is 6. The first-order valence-corrected chi connectivity index (χ1v) is 6.72. The molecule has 0 aliphatic carbocycles. The molecule has 0 spiro atoms. The Morgan fingerprint density at radius 2 is 1.95 bits per heavy atom. The lowest BCUT2D eigenvalue weighted by Crippen LogP contribution is -2.31. The predicted molar refractivity (Wildman–Crippen MR) is 74.1 cm³/mol. The van der Waals surface area contributed by atoms with Crippen LogP contribution in [0.2, 0.25) is 5.02 Å². The molecule has 0 aliphatic rings. The van der Waals surface area contributed by atoms with Gasteiger partial charge in [0, 0.05) is 9.92 Å². The maximum atomic E-state index is 11.6. The van der Waals surface area contributed by atoms with Crippen LogP contribution in [0.15, 0.2) is 23.1 Å². The summed E-state index contributed by atoms with van der Waals surface area (Å²) in [7, 11) is 2.41. The second-order valence-corrected chi connectivity index (χ2v) is 4.91. The maximum absolute atomic E-state index is 11.6. The van der Waals surface area contributed by atoms with Crippen LogP contribution >= 0.6 is 23.4 Å². The number of nitrogens with one attached hydrogen (secondary N) is 1. The SMILES string of the molecule is COC(=O)NC(=O)CSc1cc(Cl)ccc1C(=O)OC. The number of thioether (sulfide) groups is 1. The fraction of sp³-hybridized carbons (Fsp3) is 0.250. The van der Waals surface area contributed by atoms with Crippen LogP contribution in [0.1, 0.15) is 10.4 Å². The minimum Gasteiger partial charge on any atom is -0.465 e. The molecule has 0 bridgehead atoms. The molecule has 0 aliphatic heterocycles. The van der Waals surface area contributed by atoms with E-state index in [-0.39, 0.29) is 5.75 Å². The standard InChI is InChI=1S/C12H12ClNO5S/c1-18-11(16)8-4-3-7(13)5-9(8)20-6-10(15)14-12(17)19-2/h3-5H,6H2,1-2H3,(H,14,15,17). The second kappa shape index (κ2) is 7.76. The van der Waals surface area contributed by atoms with E-state index in [1.165, 1.54) is 13.2 Å². The Kier molecular flexibility index (Phi) is 6.33. The Bertz CT molecular complexity index is 535. The summed E-state index contributed by atoms with van der Waals surface area (Å²) < 4.78 is 8.93. The molecule has 20 heavy (non-hydrogen) atoms. The van der Waals surface area contributed by atoms with Crippen molar-refractivity contribution < 1.29 is 23.9 Å². The molecular weight excluding hydrogens is 306 g/mol. The highest BCUT2D eigenvalue weighted by molar-refractivity contribution is 8.00. The van der Waals surface area contributed by atoms with Crippen molar-refractivity contribution >= 4 is 41.3 Å². The van der Waals surface area contributed by atoms with E-state index >= 15 is 0 Å². The van der Waals surface area contributed by atoms with E-state index in [4.69, 9.17) is 11.6 Å². The zero-order valence-electron chi connectivity index (χ0n) is 10.8. The fourth-order valence-electron chi connectivity index (χ4n) is 1.24. The maximum Gasteiger partial charge on any atom is 0.413 e. The summed E-state index contributed by atoms with van der Waals surface area (Å²) in [4.78, 5) is 34.3. The van der Waals surface area contributed by atoms with Gasteiger partial charge < -0.3 is 9.47 Å². The van der Waals surface area contributed by atoms with Crippen molar-refractivity contribution in [1.29, 1.82) is 0 Å². The average Bonchev–Trinajstić information content (AvgIpc) is 2.44. The molecule has 0 fully saturated rings. The van der Waals surface area contributed by atoms with Crippen molar-refractivity contribution in [2.24, 2.45) is 0 Å². The molecule has 0 atom stereocenters. The number of alkyl carbamates (subject to hydrolysis) is 1. The molecule has 108 valence electrons. The van der Waals surface area contributed by atoms with Crippen LogP contribution in [0, 0.1) is 0 Å². The van der Waals surface area contributed by atoms with E-state index in [9.17, 15) is 14.4 Å². The van der Waals surface area contributed by atoms with Gasteiger partial charge in [0.2, 0.25) is 5.91 Å². The van der Waals surface area contributed by atoms with Crippen LogP contribution in [0.4, 0.5) is 4.79 Å². The molecule has 0 radical (unpaired) electrons. The van der Waals surface area contributed by atoms with E-state index in [2.05, 4.69) is 9.47 Å². The van der Waals surface area contributed by atoms with E-state index in [1.54, 1.807) is 12.1 Å². The molecule has 0 saturated carbocycles. The Morgan fingerprint density at radius 1 is 1.25 bits per heavy atom. The second-order valence-electron chi connectivity index (χ2n) is 3.46. The van der Waals surface area contributed by atoms with Crippen LogP contribution in [0.25, 0.3) is 0 Å². The summed E-state index contributed by atoms with van der Waals surface area (Å²) in [5.74, 6) is -1.14. The number of methoxy groups -OCH3 is 2. The number of carbonyl (C=O) groups is 3. The van der Waals surface area contributed by atoms with Crippen molar-refractivity contribution in [3.05, 3.63) is 28.8 Å². The quantitative estimate of drug-likeness (QED) is 0.676. The van der Waals surface area contributed by atoms with Gasteiger partial charge in [-0.05, 0) is 18.2 Å². The Hall–Kier alpha value is -1.73. The third-order valence-electron chi connectivity index (χ3n) is 2.13. The van der Waals surface area contributed by atoms with Gasteiger partial charge in [-0.1, -0.05) is 11.6 Å². The Morgan fingerprint density at radius 3 is 2.55 bits per heavy atom. The van der Waals surface area contributed by atoms with E-state index in [0.717, 1.165) is 18.9 Å². The van der Waals surface area contributed by atoms with Crippen molar-refractivity contribution in [2.75, 3.05) is 20.0 Å². The topological polar surface area (TPSA) is 81.7 Å². The van der Waals surface area contributed by atoms with Crippen LogP contribution in [0.3, 0.4) is 0 Å². The smallest absolute Gasteiger partial charge is 0.413 e. The number of ether oxygens (including phenoxy) is 2. The van der Waals surface area contributed by atoms with Gasteiger partial charge >= 0.3 is 12.1 Å². The number of halogens is 1. The van der Waals surface area contributed by atoms with Gasteiger partial charge in [0.05, 0.1) is 25.5 Å². The first-order valence-electron chi connectivity index (χ1n) is 5.36. The fourth-order valence-corrected chi connectivity index (χ4v) is 2.35.